The summed E-state index contributed by atoms with van der Waals surface area (Å²) < 4.78 is 0. The van der Waals surface area contributed by atoms with E-state index in [-0.39, 0.29) is 5.92 Å². The molecule has 0 bridgehead atoms. The summed E-state index contributed by atoms with van der Waals surface area (Å²) in [7, 11) is 0. The topological polar surface area (TPSA) is 17.1 Å². The van der Waals surface area contributed by atoms with E-state index in [2.05, 4.69) is 33.8 Å². The summed E-state index contributed by atoms with van der Waals surface area (Å²) >= 11 is 0. The molecule has 1 nitrogen and oxygen atoms in total. The molecule has 0 heterocycles. The van der Waals surface area contributed by atoms with Gasteiger partial charge in [-0.1, -0.05) is 39.3 Å². The number of ketones is 1. The molecule has 1 heteroatoms. The van der Waals surface area contributed by atoms with Crippen LogP contribution in [-0.4, -0.2) is 5.78 Å². The summed E-state index contributed by atoms with van der Waals surface area (Å²) in [6.07, 6.45) is 14.6. The van der Waals surface area contributed by atoms with Crippen LogP contribution in [0.2, 0.25) is 0 Å². The molecule has 4 aliphatic carbocycles. The van der Waals surface area contributed by atoms with E-state index >= 15 is 0 Å². The van der Waals surface area contributed by atoms with Crippen LogP contribution in [0, 0.1) is 40.4 Å². The molecule has 3 saturated carbocycles. The highest BCUT2D eigenvalue weighted by molar-refractivity contribution is 5.84. The third kappa shape index (κ3) is 2.22. The van der Waals surface area contributed by atoms with Gasteiger partial charge in [-0.3, -0.25) is 4.79 Å². The van der Waals surface area contributed by atoms with Crippen LogP contribution in [0.4, 0.5) is 0 Å². The summed E-state index contributed by atoms with van der Waals surface area (Å²) in [5, 5.41) is 0. The molecular weight excluding hydrogens is 292 g/mol. The van der Waals surface area contributed by atoms with Crippen molar-refractivity contribution in [1.29, 1.82) is 0 Å². The SMILES string of the molecule is CC(C)C(=O)[C@H]1CC[C@H]2[C@@H]3CCC4=CCCC[C@]4(C)[C@H]3CC[C@]12C. The fourth-order valence-electron chi connectivity index (χ4n) is 7.62. The molecule has 0 unspecified atom stereocenters. The molecule has 24 heavy (non-hydrogen) atoms. The van der Waals surface area contributed by atoms with Gasteiger partial charge in [0.15, 0.2) is 0 Å². The van der Waals surface area contributed by atoms with Crippen molar-refractivity contribution in [3.8, 4) is 0 Å². The summed E-state index contributed by atoms with van der Waals surface area (Å²) in [6.45, 7) is 9.28. The van der Waals surface area contributed by atoms with Gasteiger partial charge in [0.1, 0.15) is 5.78 Å². The second-order valence-corrected chi connectivity index (χ2v) is 10.2. The highest BCUT2D eigenvalue weighted by Gasteiger charge is 2.59. The molecular formula is C23H36O. The van der Waals surface area contributed by atoms with Gasteiger partial charge in [-0.05, 0) is 86.4 Å². The van der Waals surface area contributed by atoms with Gasteiger partial charge < -0.3 is 0 Å². The lowest BCUT2D eigenvalue weighted by Crippen LogP contribution is -2.51. The van der Waals surface area contributed by atoms with Crippen molar-refractivity contribution in [3.05, 3.63) is 11.6 Å². The van der Waals surface area contributed by atoms with E-state index in [1.807, 2.05) is 0 Å². The maximum absolute atomic E-state index is 12.8. The Kier molecular flexibility index (Phi) is 4.01. The van der Waals surface area contributed by atoms with E-state index in [0.29, 0.717) is 22.5 Å². The minimum absolute atomic E-state index is 0.208. The number of Topliss-reactive ketones (excluding diaryl/α,β-unsaturated/α-hetero) is 1. The smallest absolute Gasteiger partial charge is 0.139 e. The van der Waals surface area contributed by atoms with Gasteiger partial charge >= 0.3 is 0 Å². The van der Waals surface area contributed by atoms with Crippen LogP contribution in [0.5, 0.6) is 0 Å². The standard InChI is InChI=1S/C23H36O/c1-15(2)21(24)20-11-10-18-17-9-8-16-7-5-6-13-22(16,3)19(17)12-14-23(18,20)4/h7,15,17-20H,5-6,8-14H2,1-4H3/t17-,18-,19-,20+,22-,23-/m0/s1. The lowest BCUT2D eigenvalue weighted by Gasteiger charge is -2.58. The van der Waals surface area contributed by atoms with Crippen molar-refractivity contribution in [2.75, 3.05) is 0 Å². The van der Waals surface area contributed by atoms with Crippen LogP contribution in [0.3, 0.4) is 0 Å². The van der Waals surface area contributed by atoms with E-state index in [1.165, 1.54) is 57.8 Å². The molecule has 0 aliphatic heterocycles. The van der Waals surface area contributed by atoms with Crippen LogP contribution in [0.15, 0.2) is 11.6 Å². The second kappa shape index (κ2) is 5.71. The molecule has 0 aromatic rings. The van der Waals surface area contributed by atoms with E-state index < -0.39 is 0 Å². The Hall–Kier alpha value is -0.590. The largest absolute Gasteiger partial charge is 0.299 e. The molecule has 6 atom stereocenters. The number of carbonyl (C=O) groups excluding carboxylic acids is 1. The Balaban J connectivity index is 1.63. The highest BCUT2D eigenvalue weighted by Crippen LogP contribution is 2.66. The van der Waals surface area contributed by atoms with Crippen LogP contribution >= 0.6 is 0 Å². The maximum atomic E-state index is 12.8. The van der Waals surface area contributed by atoms with Crippen LogP contribution in [-0.2, 0) is 4.79 Å². The average molecular weight is 329 g/mol. The van der Waals surface area contributed by atoms with Crippen LogP contribution < -0.4 is 0 Å². The van der Waals surface area contributed by atoms with Crippen molar-refractivity contribution in [2.45, 2.75) is 85.5 Å². The Morgan fingerprint density at radius 2 is 1.88 bits per heavy atom. The monoisotopic (exact) mass is 328 g/mol. The third-order valence-corrected chi connectivity index (χ3v) is 8.94. The molecule has 4 rings (SSSR count). The number of hydrogen-bond donors (Lipinski definition) is 0. The molecule has 3 fully saturated rings. The summed E-state index contributed by atoms with van der Waals surface area (Å²) in [5.74, 6) is 3.69. The van der Waals surface area contributed by atoms with Crippen LogP contribution in [0.1, 0.15) is 85.5 Å². The fraction of sp³-hybridized carbons (Fsp3) is 0.870. The molecule has 0 radical (unpaired) electrons. The van der Waals surface area contributed by atoms with Crippen molar-refractivity contribution >= 4 is 5.78 Å². The summed E-state index contributed by atoms with van der Waals surface area (Å²) in [4.78, 5) is 12.8. The van der Waals surface area contributed by atoms with E-state index in [0.717, 1.165) is 17.8 Å². The predicted molar refractivity (Wildman–Crippen MR) is 99.7 cm³/mol. The van der Waals surface area contributed by atoms with E-state index in [4.69, 9.17) is 0 Å². The maximum Gasteiger partial charge on any atom is 0.139 e. The summed E-state index contributed by atoms with van der Waals surface area (Å²) in [6, 6.07) is 0. The van der Waals surface area contributed by atoms with Gasteiger partial charge in [-0.25, -0.2) is 0 Å². The summed E-state index contributed by atoms with van der Waals surface area (Å²) in [5.41, 5.74) is 2.59. The Bertz CT molecular complexity index is 558. The molecule has 0 N–H and O–H groups in total. The van der Waals surface area contributed by atoms with Gasteiger partial charge in [0.2, 0.25) is 0 Å². The molecule has 4 aliphatic rings. The first kappa shape index (κ1) is 16.9. The van der Waals surface area contributed by atoms with Crippen molar-refractivity contribution in [3.63, 3.8) is 0 Å². The molecule has 134 valence electrons. The van der Waals surface area contributed by atoms with Crippen molar-refractivity contribution < 1.29 is 4.79 Å². The van der Waals surface area contributed by atoms with Gasteiger partial charge in [-0.15, -0.1) is 0 Å². The van der Waals surface area contributed by atoms with Gasteiger partial charge in [-0.2, -0.15) is 0 Å². The molecule has 0 aromatic carbocycles. The number of carbonyl (C=O) groups is 1. The zero-order valence-electron chi connectivity index (χ0n) is 16.2. The normalized spacial score (nSPS) is 47.6. The Morgan fingerprint density at radius 3 is 2.62 bits per heavy atom. The van der Waals surface area contributed by atoms with E-state index in [1.54, 1.807) is 5.57 Å². The molecule has 0 aromatic heterocycles. The lowest BCUT2D eigenvalue weighted by atomic mass is 9.46. The number of allylic oxidation sites excluding steroid dienone is 2. The zero-order chi connectivity index (χ0) is 17.1. The second-order valence-electron chi connectivity index (χ2n) is 10.2. The predicted octanol–water partition coefficient (Wildman–Crippen LogP) is 6.18. The number of hydrogen-bond acceptors (Lipinski definition) is 1. The van der Waals surface area contributed by atoms with Crippen molar-refractivity contribution in [2.24, 2.45) is 40.4 Å². The van der Waals surface area contributed by atoms with E-state index in [9.17, 15) is 4.79 Å². The van der Waals surface area contributed by atoms with Gasteiger partial charge in [0, 0.05) is 11.8 Å². The Morgan fingerprint density at radius 1 is 1.08 bits per heavy atom. The lowest BCUT2D eigenvalue weighted by molar-refractivity contribution is -0.132. The quantitative estimate of drug-likeness (QED) is 0.553. The highest BCUT2D eigenvalue weighted by atomic mass is 16.1. The fourth-order valence-corrected chi connectivity index (χ4v) is 7.62. The average Bonchev–Trinajstić information content (AvgIpc) is 2.90. The first-order chi connectivity index (χ1) is 11.4. The third-order valence-electron chi connectivity index (χ3n) is 8.94. The van der Waals surface area contributed by atoms with Crippen LogP contribution in [0.25, 0.3) is 0 Å². The van der Waals surface area contributed by atoms with Gasteiger partial charge in [0.05, 0.1) is 0 Å². The minimum atomic E-state index is 0.208. The minimum Gasteiger partial charge on any atom is -0.299 e. The van der Waals surface area contributed by atoms with Crippen molar-refractivity contribution in [1.82, 2.24) is 0 Å². The molecule has 0 amide bonds. The first-order valence-corrected chi connectivity index (χ1v) is 10.6. The first-order valence-electron chi connectivity index (χ1n) is 10.6. The molecule has 0 saturated heterocycles. The zero-order valence-corrected chi connectivity index (χ0v) is 16.2. The molecule has 0 spiro atoms. The van der Waals surface area contributed by atoms with Gasteiger partial charge in [0.25, 0.3) is 0 Å². The Labute approximate surface area is 148 Å². The number of fused-ring (bicyclic) bond motifs is 5. The number of rotatable bonds is 2.